The summed E-state index contributed by atoms with van der Waals surface area (Å²) < 4.78 is 5.14. The van der Waals surface area contributed by atoms with Crippen LogP contribution in [0.3, 0.4) is 0 Å². The molecule has 0 saturated carbocycles. The van der Waals surface area contributed by atoms with Crippen molar-refractivity contribution >= 4 is 23.3 Å². The molecule has 0 aromatic heterocycles. The maximum atomic E-state index is 11.9. The Bertz CT molecular complexity index is 450. The lowest BCUT2D eigenvalue weighted by atomic mass is 10.0. The van der Waals surface area contributed by atoms with Gasteiger partial charge in [0.15, 0.2) is 5.75 Å². The highest BCUT2D eigenvalue weighted by molar-refractivity contribution is 6.32. The summed E-state index contributed by atoms with van der Waals surface area (Å²) in [5.74, 6) is 0.416. The summed E-state index contributed by atoms with van der Waals surface area (Å²) in [5, 5.41) is 14.8. The van der Waals surface area contributed by atoms with Crippen LogP contribution in [-0.4, -0.2) is 30.4 Å². The van der Waals surface area contributed by atoms with Crippen LogP contribution in [0.5, 0.6) is 5.75 Å². The van der Waals surface area contributed by atoms with E-state index in [0.717, 1.165) is 0 Å². The number of hydrogen-bond donors (Lipinski definition) is 3. The van der Waals surface area contributed by atoms with Gasteiger partial charge < -0.3 is 20.5 Å². The van der Waals surface area contributed by atoms with Crippen LogP contribution in [0.15, 0.2) is 18.2 Å². The summed E-state index contributed by atoms with van der Waals surface area (Å²) in [6.45, 7) is 3.67. The first-order chi connectivity index (χ1) is 8.89. The molecule has 6 heteroatoms. The van der Waals surface area contributed by atoms with Crippen molar-refractivity contribution in [1.29, 1.82) is 0 Å². The van der Waals surface area contributed by atoms with Crippen LogP contribution in [-0.2, 0) is 0 Å². The number of carbonyl (C=O) groups is 1. The number of ether oxygens (including phenoxy) is 1. The molecule has 0 aliphatic rings. The van der Waals surface area contributed by atoms with Gasteiger partial charge in [0.05, 0.1) is 17.8 Å². The zero-order valence-corrected chi connectivity index (χ0v) is 12.0. The Balaban J connectivity index is 2.75. The maximum absolute atomic E-state index is 11.9. The molecular formula is C13H19ClN2O3. The number of benzene rings is 1. The first-order valence-electron chi connectivity index (χ1n) is 5.92. The predicted octanol–water partition coefficient (Wildman–Crippen LogP) is 2.63. The van der Waals surface area contributed by atoms with E-state index in [9.17, 15) is 4.79 Å². The van der Waals surface area contributed by atoms with E-state index in [4.69, 9.17) is 21.4 Å². The van der Waals surface area contributed by atoms with E-state index in [2.05, 4.69) is 10.6 Å². The minimum atomic E-state index is -0.495. The largest absolute Gasteiger partial charge is 0.493 e. The third-order valence-corrected chi connectivity index (χ3v) is 2.91. The van der Waals surface area contributed by atoms with E-state index in [-0.39, 0.29) is 12.6 Å². The Kier molecular flexibility index (Phi) is 5.44. The minimum Gasteiger partial charge on any atom is -0.493 e. The number of hydrogen-bond acceptors (Lipinski definition) is 3. The molecule has 2 amide bonds. The number of amides is 2. The van der Waals surface area contributed by atoms with E-state index in [1.807, 2.05) is 13.8 Å². The lowest BCUT2D eigenvalue weighted by molar-refractivity contribution is 0.218. The lowest BCUT2D eigenvalue weighted by Crippen LogP contribution is -2.46. The van der Waals surface area contributed by atoms with Crippen LogP contribution in [0, 0.1) is 0 Å². The average molecular weight is 287 g/mol. The molecule has 106 valence electrons. The van der Waals surface area contributed by atoms with Crippen molar-refractivity contribution < 1.29 is 14.6 Å². The average Bonchev–Trinajstić information content (AvgIpc) is 2.28. The summed E-state index contributed by atoms with van der Waals surface area (Å²) >= 11 is 5.97. The van der Waals surface area contributed by atoms with Crippen LogP contribution < -0.4 is 15.4 Å². The summed E-state index contributed by atoms with van der Waals surface area (Å²) in [4.78, 5) is 11.9. The topological polar surface area (TPSA) is 70.6 Å². The van der Waals surface area contributed by atoms with Gasteiger partial charge in [0, 0.05) is 12.1 Å². The van der Waals surface area contributed by atoms with Gasteiger partial charge in [0.25, 0.3) is 0 Å². The van der Waals surface area contributed by atoms with Gasteiger partial charge in [-0.15, -0.1) is 0 Å². The highest BCUT2D eigenvalue weighted by atomic mass is 35.5. The van der Waals surface area contributed by atoms with Gasteiger partial charge in [0.2, 0.25) is 0 Å². The fraction of sp³-hybridized carbons (Fsp3) is 0.462. The van der Waals surface area contributed by atoms with Crippen molar-refractivity contribution in [2.45, 2.75) is 25.8 Å². The van der Waals surface area contributed by atoms with Crippen molar-refractivity contribution in [1.82, 2.24) is 5.32 Å². The predicted molar refractivity (Wildman–Crippen MR) is 75.9 cm³/mol. The molecule has 19 heavy (non-hydrogen) atoms. The Labute approximate surface area is 117 Å². The molecule has 1 aromatic carbocycles. The van der Waals surface area contributed by atoms with Gasteiger partial charge in [-0.25, -0.2) is 4.79 Å². The number of anilines is 1. The number of urea groups is 1. The van der Waals surface area contributed by atoms with Crippen molar-refractivity contribution in [3.63, 3.8) is 0 Å². The van der Waals surface area contributed by atoms with Crippen LogP contribution in [0.25, 0.3) is 0 Å². The monoisotopic (exact) mass is 286 g/mol. The molecule has 1 aromatic rings. The number of halogens is 1. The number of aliphatic hydroxyl groups excluding tert-OH is 1. The highest BCUT2D eigenvalue weighted by Gasteiger charge is 2.20. The molecule has 0 spiro atoms. The van der Waals surface area contributed by atoms with Gasteiger partial charge in [-0.2, -0.15) is 0 Å². The van der Waals surface area contributed by atoms with E-state index < -0.39 is 5.54 Å². The molecule has 3 N–H and O–H groups in total. The molecule has 0 aliphatic carbocycles. The number of rotatable bonds is 5. The SMILES string of the molecule is COc1c(Cl)cccc1NC(=O)NC(C)(C)CCO. The van der Waals surface area contributed by atoms with Crippen molar-refractivity contribution in [3.8, 4) is 5.75 Å². The van der Waals surface area contributed by atoms with E-state index >= 15 is 0 Å². The summed E-state index contributed by atoms with van der Waals surface area (Å²) in [5.41, 5.74) is -0.00252. The van der Waals surface area contributed by atoms with E-state index in [1.165, 1.54) is 7.11 Å². The maximum Gasteiger partial charge on any atom is 0.319 e. The molecule has 0 radical (unpaired) electrons. The van der Waals surface area contributed by atoms with Crippen LogP contribution in [0.4, 0.5) is 10.5 Å². The number of aliphatic hydroxyl groups is 1. The van der Waals surface area contributed by atoms with Crippen molar-refractivity contribution in [2.75, 3.05) is 19.0 Å². The molecule has 0 bridgehead atoms. The molecule has 0 heterocycles. The van der Waals surface area contributed by atoms with Gasteiger partial charge >= 0.3 is 6.03 Å². The molecule has 5 nitrogen and oxygen atoms in total. The Morgan fingerprint density at radius 2 is 2.16 bits per heavy atom. The number of methoxy groups -OCH3 is 1. The van der Waals surface area contributed by atoms with Crippen molar-refractivity contribution in [2.24, 2.45) is 0 Å². The Morgan fingerprint density at radius 1 is 1.47 bits per heavy atom. The Morgan fingerprint density at radius 3 is 2.74 bits per heavy atom. The van der Waals surface area contributed by atoms with Gasteiger partial charge in [-0.3, -0.25) is 0 Å². The molecule has 0 unspecified atom stereocenters. The number of carbonyl (C=O) groups excluding carboxylic acids is 1. The van der Waals surface area contributed by atoms with Gasteiger partial charge in [-0.1, -0.05) is 17.7 Å². The fourth-order valence-corrected chi connectivity index (χ4v) is 1.87. The fourth-order valence-electron chi connectivity index (χ4n) is 1.62. The van der Waals surface area contributed by atoms with E-state index in [1.54, 1.807) is 18.2 Å². The van der Waals surface area contributed by atoms with E-state index in [0.29, 0.717) is 22.9 Å². The van der Waals surface area contributed by atoms with Crippen LogP contribution in [0.1, 0.15) is 20.3 Å². The third-order valence-electron chi connectivity index (χ3n) is 2.61. The second kappa shape index (κ2) is 6.63. The van der Waals surface area contributed by atoms with Crippen molar-refractivity contribution in [3.05, 3.63) is 23.2 Å². The Hall–Kier alpha value is -1.46. The first kappa shape index (κ1) is 15.6. The standard InChI is InChI=1S/C13H19ClN2O3/c1-13(2,7-8-17)16-12(18)15-10-6-4-5-9(14)11(10)19-3/h4-6,17H,7-8H2,1-3H3,(H2,15,16,18). The highest BCUT2D eigenvalue weighted by Crippen LogP contribution is 2.32. The first-order valence-corrected chi connectivity index (χ1v) is 6.30. The van der Waals surface area contributed by atoms with Crippen LogP contribution >= 0.6 is 11.6 Å². The lowest BCUT2D eigenvalue weighted by Gasteiger charge is -2.25. The number of para-hydroxylation sites is 1. The smallest absolute Gasteiger partial charge is 0.319 e. The molecule has 0 atom stereocenters. The van der Waals surface area contributed by atoms with Gasteiger partial charge in [-0.05, 0) is 32.4 Å². The second-order valence-electron chi connectivity index (χ2n) is 4.76. The zero-order valence-electron chi connectivity index (χ0n) is 11.3. The summed E-state index contributed by atoms with van der Waals surface area (Å²) in [7, 11) is 1.49. The molecule has 0 saturated heterocycles. The molecule has 1 rings (SSSR count). The third kappa shape index (κ3) is 4.61. The minimum absolute atomic E-state index is 0.00770. The number of nitrogens with one attached hydrogen (secondary N) is 2. The molecule has 0 aliphatic heterocycles. The molecular weight excluding hydrogens is 268 g/mol. The summed E-state index contributed by atoms with van der Waals surface area (Å²) in [6, 6.07) is 4.72. The van der Waals surface area contributed by atoms with Crippen LogP contribution in [0.2, 0.25) is 5.02 Å². The second-order valence-corrected chi connectivity index (χ2v) is 5.16. The molecule has 0 fully saturated rings. The summed E-state index contributed by atoms with van der Waals surface area (Å²) in [6.07, 6.45) is 0.465. The van der Waals surface area contributed by atoms with Gasteiger partial charge in [0.1, 0.15) is 0 Å². The normalized spacial score (nSPS) is 11.0. The zero-order chi connectivity index (χ0) is 14.5. The quantitative estimate of drug-likeness (QED) is 0.779.